The Labute approximate surface area is 354 Å². The highest BCUT2D eigenvalue weighted by molar-refractivity contribution is 6.07. The molecule has 16 nitrogen and oxygen atoms in total. The third-order valence-corrected chi connectivity index (χ3v) is 12.3. The first-order chi connectivity index (χ1) is 29.4. The van der Waals surface area contributed by atoms with Crippen LogP contribution < -0.4 is 15.4 Å². The van der Waals surface area contributed by atoms with Crippen LogP contribution in [-0.4, -0.2) is 107 Å². The molecule has 3 aromatic carbocycles. The SMILES string of the molecule is COCC1CC(c2nc3c(ccc4cc5c(cc43)OCc3cc(-c4cnc(C6CCCN6C(=O)C(NC(=O)OC)C(C)C)[nH]4)ccc3-5)[nH]2)N(C(=O)C(NC(=O)OC)C(C)C)C1. The summed E-state index contributed by atoms with van der Waals surface area (Å²) in [7, 11) is 4.23. The molecular weight excluding hydrogens is 781 g/mol. The Hall–Kier alpha value is -6.16. The molecule has 61 heavy (non-hydrogen) atoms. The minimum atomic E-state index is -0.761. The Kier molecular flexibility index (Phi) is 11.6. The molecule has 2 fully saturated rings. The zero-order valence-electron chi connectivity index (χ0n) is 35.7. The van der Waals surface area contributed by atoms with Crippen LogP contribution in [0.1, 0.15) is 76.3 Å². The van der Waals surface area contributed by atoms with E-state index in [1.165, 1.54) is 14.2 Å². The molecule has 3 aliphatic rings. The molecule has 3 aliphatic heterocycles. The predicted molar refractivity (Wildman–Crippen MR) is 227 cm³/mol. The third kappa shape index (κ3) is 7.96. The smallest absolute Gasteiger partial charge is 0.407 e. The van der Waals surface area contributed by atoms with E-state index in [1.54, 1.807) is 18.2 Å². The molecule has 0 aliphatic carbocycles. The molecule has 5 aromatic rings. The van der Waals surface area contributed by atoms with Gasteiger partial charge < -0.3 is 49.3 Å². The van der Waals surface area contributed by atoms with Gasteiger partial charge in [-0.1, -0.05) is 45.9 Å². The zero-order valence-corrected chi connectivity index (χ0v) is 35.7. The van der Waals surface area contributed by atoms with Gasteiger partial charge in [0.2, 0.25) is 11.8 Å². The molecule has 4 amide bonds. The van der Waals surface area contributed by atoms with Crippen LogP contribution in [0.5, 0.6) is 5.75 Å². The molecule has 0 bridgehead atoms. The molecule has 0 saturated carbocycles. The maximum absolute atomic E-state index is 14.1. The first-order valence-electron chi connectivity index (χ1n) is 21.0. The fraction of sp³-hybridized carbons (Fsp3) is 0.467. The van der Waals surface area contributed by atoms with Gasteiger partial charge >= 0.3 is 12.2 Å². The van der Waals surface area contributed by atoms with Crippen LogP contribution in [-0.2, 0) is 30.4 Å². The van der Waals surface area contributed by atoms with Crippen molar-refractivity contribution in [3.05, 3.63) is 65.9 Å². The molecule has 5 unspecified atom stereocenters. The maximum Gasteiger partial charge on any atom is 0.407 e. The number of aromatic nitrogens is 4. The Morgan fingerprint density at radius 1 is 0.852 bits per heavy atom. The van der Waals surface area contributed by atoms with Gasteiger partial charge in [-0.15, -0.1) is 0 Å². The normalized spacial score (nSPS) is 19.5. The Morgan fingerprint density at radius 2 is 1.57 bits per heavy atom. The van der Waals surface area contributed by atoms with Crippen molar-refractivity contribution in [3.8, 4) is 28.1 Å². The second kappa shape index (κ2) is 17.1. The summed E-state index contributed by atoms with van der Waals surface area (Å²) in [6, 6.07) is 12.5. The number of methoxy groups -OCH3 is 3. The van der Waals surface area contributed by atoms with Gasteiger partial charge in [0.15, 0.2) is 0 Å². The van der Waals surface area contributed by atoms with Gasteiger partial charge in [0.25, 0.3) is 0 Å². The number of ether oxygens (including phenoxy) is 4. The standard InChI is InChI=1S/C45H54N8O8/c1-23(2)37(50-44(56)59-6)42(54)52-14-8-9-34(52)40-46-19-33(48-40)27-10-12-29-28(16-27)22-61-36-18-30-26(17-31(29)36)11-13-32-39(30)49-41(47-32)35-15-25(21-58-5)20-53(35)43(55)38(24(3)4)51-45(57)60-7/h10-13,16-19,23-25,34-35,37-38H,8-9,14-15,20-22H2,1-7H3,(H,46,48)(H,47,49)(H,50,56)(H,51,57). The lowest BCUT2D eigenvalue weighted by molar-refractivity contribution is -0.136. The van der Waals surface area contributed by atoms with Crippen LogP contribution >= 0.6 is 0 Å². The number of likely N-dealkylation sites (tertiary alicyclic amines) is 2. The number of carbonyl (C=O) groups is 4. The highest BCUT2D eigenvalue weighted by atomic mass is 16.5. The summed E-state index contributed by atoms with van der Waals surface area (Å²) < 4.78 is 21.5. The van der Waals surface area contributed by atoms with E-state index in [2.05, 4.69) is 57.0 Å². The van der Waals surface area contributed by atoms with E-state index in [1.807, 2.05) is 38.7 Å². The molecular formula is C45H54N8O8. The van der Waals surface area contributed by atoms with Crippen LogP contribution in [0.2, 0.25) is 0 Å². The summed E-state index contributed by atoms with van der Waals surface area (Å²) in [5.74, 6) is 1.61. The molecule has 0 spiro atoms. The van der Waals surface area contributed by atoms with Gasteiger partial charge in [0.1, 0.15) is 36.1 Å². The number of rotatable bonds is 11. The molecule has 2 saturated heterocycles. The molecule has 0 radical (unpaired) electrons. The number of nitrogens with one attached hydrogen (secondary N) is 4. The van der Waals surface area contributed by atoms with E-state index in [9.17, 15) is 19.2 Å². The zero-order chi connectivity index (χ0) is 43.1. The van der Waals surface area contributed by atoms with E-state index in [0.717, 1.165) is 68.3 Å². The Bertz CT molecular complexity index is 2480. The largest absolute Gasteiger partial charge is 0.488 e. The monoisotopic (exact) mass is 834 g/mol. The summed E-state index contributed by atoms with van der Waals surface area (Å²) in [6.07, 6.45) is 2.77. The first kappa shape index (κ1) is 41.6. The van der Waals surface area contributed by atoms with Gasteiger partial charge in [0.05, 0.1) is 55.8 Å². The number of nitrogens with zero attached hydrogens (tertiary/aromatic N) is 4. The fourth-order valence-electron chi connectivity index (χ4n) is 9.14. The van der Waals surface area contributed by atoms with Crippen molar-refractivity contribution in [2.75, 3.05) is 41.0 Å². The molecule has 16 heteroatoms. The predicted octanol–water partition coefficient (Wildman–Crippen LogP) is 6.63. The van der Waals surface area contributed by atoms with Crippen LogP contribution in [0.3, 0.4) is 0 Å². The van der Waals surface area contributed by atoms with E-state index < -0.39 is 24.3 Å². The lowest BCUT2D eigenvalue weighted by Gasteiger charge is -2.30. The molecule has 4 N–H and O–H groups in total. The highest BCUT2D eigenvalue weighted by Crippen LogP contribution is 2.44. The second-order valence-corrected chi connectivity index (χ2v) is 17.0. The molecule has 322 valence electrons. The summed E-state index contributed by atoms with van der Waals surface area (Å²) in [4.78, 5) is 72.4. The number of alkyl carbamates (subject to hydrolysis) is 2. The molecule has 2 aromatic heterocycles. The van der Waals surface area contributed by atoms with Crippen molar-refractivity contribution in [1.82, 2.24) is 40.4 Å². The van der Waals surface area contributed by atoms with Crippen molar-refractivity contribution in [2.24, 2.45) is 17.8 Å². The summed E-state index contributed by atoms with van der Waals surface area (Å²) in [6.45, 7) is 9.51. The fourth-order valence-corrected chi connectivity index (χ4v) is 9.14. The summed E-state index contributed by atoms with van der Waals surface area (Å²) >= 11 is 0. The van der Waals surface area contributed by atoms with Crippen molar-refractivity contribution in [2.45, 2.75) is 77.7 Å². The number of hydrogen-bond donors (Lipinski definition) is 4. The average molecular weight is 835 g/mol. The van der Waals surface area contributed by atoms with Gasteiger partial charge in [0, 0.05) is 37.1 Å². The van der Waals surface area contributed by atoms with Crippen molar-refractivity contribution in [1.29, 1.82) is 0 Å². The van der Waals surface area contributed by atoms with Gasteiger partial charge in [-0.3, -0.25) is 9.59 Å². The minimum absolute atomic E-state index is 0.0975. The number of amides is 4. The number of benzene rings is 3. The number of hydrogen-bond acceptors (Lipinski definition) is 10. The lowest BCUT2D eigenvalue weighted by atomic mass is 9.92. The quantitative estimate of drug-likeness (QED) is 0.112. The molecule has 5 heterocycles. The van der Waals surface area contributed by atoms with E-state index in [-0.39, 0.29) is 41.7 Å². The van der Waals surface area contributed by atoms with E-state index in [0.29, 0.717) is 44.4 Å². The number of carbonyl (C=O) groups excluding carboxylic acids is 4. The van der Waals surface area contributed by atoms with Crippen LogP contribution in [0, 0.1) is 17.8 Å². The van der Waals surface area contributed by atoms with Crippen molar-refractivity contribution in [3.63, 3.8) is 0 Å². The first-order valence-corrected chi connectivity index (χ1v) is 21.0. The summed E-state index contributed by atoms with van der Waals surface area (Å²) in [5, 5.41) is 7.37. The lowest BCUT2D eigenvalue weighted by Crippen LogP contribution is -2.51. The van der Waals surface area contributed by atoms with Crippen LogP contribution in [0.4, 0.5) is 9.59 Å². The summed E-state index contributed by atoms with van der Waals surface area (Å²) in [5.41, 5.74) is 6.51. The van der Waals surface area contributed by atoms with Gasteiger partial charge in [-0.05, 0) is 77.4 Å². The van der Waals surface area contributed by atoms with Gasteiger partial charge in [-0.2, -0.15) is 0 Å². The van der Waals surface area contributed by atoms with E-state index in [4.69, 9.17) is 28.9 Å². The van der Waals surface area contributed by atoms with Gasteiger partial charge in [-0.25, -0.2) is 19.6 Å². The van der Waals surface area contributed by atoms with Crippen molar-refractivity contribution >= 4 is 45.8 Å². The number of aromatic amines is 2. The third-order valence-electron chi connectivity index (χ3n) is 12.3. The van der Waals surface area contributed by atoms with Crippen molar-refractivity contribution < 1.29 is 38.1 Å². The topological polar surface area (TPSA) is 193 Å². The number of H-pyrrole nitrogens is 2. The van der Waals surface area contributed by atoms with Crippen LogP contribution in [0.25, 0.3) is 44.2 Å². The second-order valence-electron chi connectivity index (χ2n) is 17.0. The van der Waals surface area contributed by atoms with Crippen LogP contribution in [0.15, 0.2) is 48.7 Å². The highest BCUT2D eigenvalue weighted by Gasteiger charge is 2.42. The Morgan fingerprint density at radius 3 is 2.26 bits per heavy atom. The average Bonchev–Trinajstić information content (AvgIpc) is 4.09. The number of imidazole rings is 2. The minimum Gasteiger partial charge on any atom is -0.488 e. The van der Waals surface area contributed by atoms with E-state index >= 15 is 0 Å². The maximum atomic E-state index is 14.1. The molecule has 5 atom stereocenters. The number of fused-ring (bicyclic) bond motifs is 6. The Balaban J connectivity index is 1.05. The molecule has 8 rings (SSSR count).